The molecule has 10 heteroatoms. The molecule has 110 valence electrons. The third kappa shape index (κ3) is 3.02. The van der Waals surface area contributed by atoms with Crippen molar-refractivity contribution in [2.24, 2.45) is 5.73 Å². The molecule has 0 aliphatic heterocycles. The molecular weight excluding hydrogens is 286 g/mol. The van der Waals surface area contributed by atoms with E-state index in [4.69, 9.17) is 5.73 Å². The second kappa shape index (κ2) is 5.04. The Morgan fingerprint density at radius 2 is 1.95 bits per heavy atom. The Morgan fingerprint density at radius 1 is 1.40 bits per heavy atom. The number of benzene rings is 1. The average molecular weight is 295 g/mol. The molecule has 0 aliphatic rings. The minimum atomic E-state index is -5.06. The van der Waals surface area contributed by atoms with Crippen LogP contribution in [-0.4, -0.2) is 22.5 Å². The topological polar surface area (TPSA) is 98.3 Å². The quantitative estimate of drug-likeness (QED) is 0.506. The highest BCUT2D eigenvalue weighted by molar-refractivity contribution is 5.98. The molecule has 0 fully saturated rings. The van der Waals surface area contributed by atoms with Crippen molar-refractivity contribution in [1.82, 2.24) is 0 Å². The summed E-state index contributed by atoms with van der Waals surface area (Å²) in [5.41, 5.74) is 0.230. The summed E-state index contributed by atoms with van der Waals surface area (Å²) in [5, 5.41) is 12.1. The molecule has 0 saturated carbocycles. The SMILES string of the molecule is CC(N)(C(=O)Nc1cc([N+](=O)[O-])ccc1F)C(F)(F)F. The number of carbonyl (C=O) groups excluding carboxylic acids is 1. The van der Waals surface area contributed by atoms with Crippen molar-refractivity contribution in [2.75, 3.05) is 5.32 Å². The van der Waals surface area contributed by atoms with Gasteiger partial charge in [0.2, 0.25) is 0 Å². The van der Waals surface area contributed by atoms with E-state index in [1.165, 1.54) is 0 Å². The minimum absolute atomic E-state index is 0.400. The molecule has 1 aromatic carbocycles. The van der Waals surface area contributed by atoms with E-state index in [-0.39, 0.29) is 0 Å². The largest absolute Gasteiger partial charge is 0.415 e. The number of halogens is 4. The molecule has 6 nitrogen and oxygen atoms in total. The average Bonchev–Trinajstić information content (AvgIpc) is 2.29. The molecule has 0 radical (unpaired) electrons. The fraction of sp³-hybridized carbons (Fsp3) is 0.300. The van der Waals surface area contributed by atoms with E-state index < -0.39 is 39.7 Å². The molecule has 1 amide bonds. The number of alkyl halides is 3. The highest BCUT2D eigenvalue weighted by atomic mass is 19.4. The Bertz CT molecular complexity index is 557. The fourth-order valence-electron chi connectivity index (χ4n) is 1.10. The summed E-state index contributed by atoms with van der Waals surface area (Å²) >= 11 is 0. The van der Waals surface area contributed by atoms with E-state index in [1.54, 1.807) is 5.32 Å². The predicted octanol–water partition coefficient (Wildman–Crippen LogP) is 1.95. The van der Waals surface area contributed by atoms with Crippen LogP contribution in [0.5, 0.6) is 0 Å². The van der Waals surface area contributed by atoms with Crippen molar-refractivity contribution in [3.63, 3.8) is 0 Å². The molecule has 0 spiro atoms. The van der Waals surface area contributed by atoms with Gasteiger partial charge in [-0.3, -0.25) is 14.9 Å². The Morgan fingerprint density at radius 3 is 2.40 bits per heavy atom. The first-order chi connectivity index (χ1) is 8.96. The number of anilines is 1. The maximum absolute atomic E-state index is 13.3. The highest BCUT2D eigenvalue weighted by Crippen LogP contribution is 2.30. The first-order valence-corrected chi connectivity index (χ1v) is 5.08. The van der Waals surface area contributed by atoms with Gasteiger partial charge in [0.1, 0.15) is 5.82 Å². The predicted molar refractivity (Wildman–Crippen MR) is 60.3 cm³/mol. The monoisotopic (exact) mass is 295 g/mol. The molecule has 20 heavy (non-hydrogen) atoms. The summed E-state index contributed by atoms with van der Waals surface area (Å²) < 4.78 is 50.8. The van der Waals surface area contributed by atoms with Gasteiger partial charge in [0.05, 0.1) is 10.6 Å². The normalized spacial score (nSPS) is 14.5. The van der Waals surface area contributed by atoms with Crippen molar-refractivity contribution >= 4 is 17.3 Å². The molecule has 0 saturated heterocycles. The van der Waals surface area contributed by atoms with Crippen molar-refractivity contribution in [3.05, 3.63) is 34.1 Å². The van der Waals surface area contributed by atoms with Gasteiger partial charge in [-0.05, 0) is 13.0 Å². The number of nitrogens with two attached hydrogens (primary N) is 1. The van der Waals surface area contributed by atoms with E-state index in [9.17, 15) is 32.5 Å². The molecule has 3 N–H and O–H groups in total. The lowest BCUT2D eigenvalue weighted by atomic mass is 10.0. The number of hydrogen-bond acceptors (Lipinski definition) is 4. The number of carbonyl (C=O) groups is 1. The van der Waals surface area contributed by atoms with Crippen LogP contribution in [0.25, 0.3) is 0 Å². The fourth-order valence-corrected chi connectivity index (χ4v) is 1.10. The Kier molecular flexibility index (Phi) is 3.99. The van der Waals surface area contributed by atoms with E-state index in [2.05, 4.69) is 0 Å². The van der Waals surface area contributed by atoms with Crippen LogP contribution in [0.2, 0.25) is 0 Å². The number of hydrogen-bond donors (Lipinski definition) is 2. The van der Waals surface area contributed by atoms with Gasteiger partial charge in [-0.25, -0.2) is 4.39 Å². The first kappa shape index (κ1) is 15.8. The molecule has 1 atom stereocenters. The maximum Gasteiger partial charge on any atom is 0.415 e. The van der Waals surface area contributed by atoms with Crippen molar-refractivity contribution < 1.29 is 27.3 Å². The summed E-state index contributed by atoms with van der Waals surface area (Å²) in [6.45, 7) is 0.400. The van der Waals surface area contributed by atoms with Crippen LogP contribution in [0.1, 0.15) is 6.92 Å². The van der Waals surface area contributed by atoms with E-state index in [1.807, 2.05) is 0 Å². The zero-order chi connectivity index (χ0) is 15.7. The number of non-ortho nitro benzene ring substituents is 1. The summed E-state index contributed by atoms with van der Waals surface area (Å²) in [4.78, 5) is 21.0. The standard InChI is InChI=1S/C10H9F4N3O3/c1-9(15,10(12,13)14)8(18)16-7-4-5(17(19)20)2-3-6(7)11/h2-4H,15H2,1H3,(H,16,18). The van der Waals surface area contributed by atoms with Crippen molar-refractivity contribution in [1.29, 1.82) is 0 Å². The summed E-state index contributed by atoms with van der Waals surface area (Å²) in [7, 11) is 0. The number of nitro groups is 1. The molecule has 0 aliphatic carbocycles. The van der Waals surface area contributed by atoms with Gasteiger partial charge in [0.25, 0.3) is 11.6 Å². The lowest BCUT2D eigenvalue weighted by Crippen LogP contribution is -2.59. The van der Waals surface area contributed by atoms with Crippen LogP contribution in [0.4, 0.5) is 28.9 Å². The molecule has 0 bridgehead atoms. The van der Waals surface area contributed by atoms with Gasteiger partial charge in [0, 0.05) is 12.1 Å². The number of nitro benzene ring substituents is 1. The van der Waals surface area contributed by atoms with Crippen molar-refractivity contribution in [2.45, 2.75) is 18.6 Å². The van der Waals surface area contributed by atoms with Crippen LogP contribution in [0, 0.1) is 15.9 Å². The second-order valence-electron chi connectivity index (χ2n) is 4.08. The van der Waals surface area contributed by atoms with Gasteiger partial charge in [-0.15, -0.1) is 0 Å². The summed E-state index contributed by atoms with van der Waals surface area (Å²) in [6.07, 6.45) is -5.06. The third-order valence-corrected chi connectivity index (χ3v) is 2.47. The molecule has 1 aromatic rings. The van der Waals surface area contributed by atoms with E-state index in [0.717, 1.165) is 6.07 Å². The van der Waals surface area contributed by atoms with E-state index in [0.29, 0.717) is 19.1 Å². The van der Waals surface area contributed by atoms with Crippen LogP contribution < -0.4 is 11.1 Å². The minimum Gasteiger partial charge on any atom is -0.321 e. The molecular formula is C10H9F4N3O3. The Labute approximate surface area is 109 Å². The third-order valence-electron chi connectivity index (χ3n) is 2.47. The molecule has 1 unspecified atom stereocenters. The van der Waals surface area contributed by atoms with Crippen LogP contribution in [0.15, 0.2) is 18.2 Å². The Hall–Kier alpha value is -2.23. The number of amides is 1. The van der Waals surface area contributed by atoms with E-state index >= 15 is 0 Å². The van der Waals surface area contributed by atoms with Gasteiger partial charge in [0.15, 0.2) is 5.54 Å². The smallest absolute Gasteiger partial charge is 0.321 e. The van der Waals surface area contributed by atoms with Gasteiger partial charge in [-0.1, -0.05) is 0 Å². The van der Waals surface area contributed by atoms with Crippen molar-refractivity contribution in [3.8, 4) is 0 Å². The summed E-state index contributed by atoms with van der Waals surface area (Å²) in [6, 6.07) is 2.05. The van der Waals surface area contributed by atoms with Gasteiger partial charge >= 0.3 is 6.18 Å². The zero-order valence-electron chi connectivity index (χ0n) is 9.99. The van der Waals surface area contributed by atoms with Crippen LogP contribution >= 0.6 is 0 Å². The van der Waals surface area contributed by atoms with Gasteiger partial charge in [-0.2, -0.15) is 13.2 Å². The lowest BCUT2D eigenvalue weighted by molar-refractivity contribution is -0.384. The first-order valence-electron chi connectivity index (χ1n) is 5.08. The number of nitrogens with one attached hydrogen (secondary N) is 1. The highest BCUT2D eigenvalue weighted by Gasteiger charge is 2.54. The second-order valence-corrected chi connectivity index (χ2v) is 4.08. The molecule has 0 heterocycles. The van der Waals surface area contributed by atoms with Crippen LogP contribution in [0.3, 0.4) is 0 Å². The van der Waals surface area contributed by atoms with Crippen LogP contribution in [-0.2, 0) is 4.79 Å². The number of nitrogens with zero attached hydrogens (tertiary/aromatic N) is 1. The lowest BCUT2D eigenvalue weighted by Gasteiger charge is -2.26. The molecule has 0 aromatic heterocycles. The maximum atomic E-state index is 13.3. The zero-order valence-corrected chi connectivity index (χ0v) is 9.99. The summed E-state index contributed by atoms with van der Waals surface area (Å²) in [5.74, 6) is -2.86. The van der Waals surface area contributed by atoms with Gasteiger partial charge < -0.3 is 11.1 Å². The molecule has 1 rings (SSSR count). The number of rotatable bonds is 3. The Balaban J connectivity index is 3.08.